The number of aromatic carboxylic acids is 1. The van der Waals surface area contributed by atoms with Gasteiger partial charge in [0.2, 0.25) is 0 Å². The number of hydrogen-bond acceptors (Lipinski definition) is 2. The maximum Gasteiger partial charge on any atom is 0.335 e. The summed E-state index contributed by atoms with van der Waals surface area (Å²) in [5.74, 6) is -0.509. The van der Waals surface area contributed by atoms with Gasteiger partial charge in [0, 0.05) is 12.6 Å². The van der Waals surface area contributed by atoms with Crippen molar-refractivity contribution in [3.8, 4) is 0 Å². The van der Waals surface area contributed by atoms with Gasteiger partial charge in [0.15, 0.2) is 0 Å². The van der Waals surface area contributed by atoms with Crippen molar-refractivity contribution in [1.82, 2.24) is 9.38 Å². The molecule has 0 radical (unpaired) electrons. The highest BCUT2D eigenvalue weighted by Gasteiger charge is 2.12. The predicted octanol–water partition coefficient (Wildman–Crippen LogP) is 3.52. The monoisotopic (exact) mass is 348 g/mol. The van der Waals surface area contributed by atoms with E-state index >= 15 is 0 Å². The molecule has 1 aromatic carbocycles. The number of aromatic nitrogens is 2. The number of carbonyl (C=O) groups is 1. The number of nitrogens with zero attached hydrogens (tertiary/aromatic N) is 2. The van der Waals surface area contributed by atoms with Gasteiger partial charge in [-0.3, -0.25) is 0 Å². The zero-order chi connectivity index (χ0) is 15.0. The zero-order valence-electron chi connectivity index (χ0n) is 10.8. The van der Waals surface area contributed by atoms with Gasteiger partial charge in [-0.1, -0.05) is 12.1 Å². The maximum atomic E-state index is 12.9. The topological polar surface area (TPSA) is 54.6 Å². The molecule has 6 heteroatoms. The molecule has 106 valence electrons. The van der Waals surface area contributed by atoms with Crippen LogP contribution in [-0.4, -0.2) is 20.5 Å². The lowest BCUT2D eigenvalue weighted by Crippen LogP contribution is -2.00. The summed E-state index contributed by atoms with van der Waals surface area (Å²) in [5.41, 5.74) is 1.82. The highest BCUT2D eigenvalue weighted by Crippen LogP contribution is 2.22. The Morgan fingerprint density at radius 2 is 2.00 bits per heavy atom. The van der Waals surface area contributed by atoms with E-state index in [2.05, 4.69) is 20.9 Å². The molecule has 0 amide bonds. The second kappa shape index (κ2) is 5.29. The summed E-state index contributed by atoms with van der Waals surface area (Å²) in [6.45, 7) is 0. The van der Waals surface area contributed by atoms with Crippen molar-refractivity contribution in [1.29, 1.82) is 0 Å². The first-order valence-corrected chi connectivity index (χ1v) is 6.98. The van der Waals surface area contributed by atoms with Gasteiger partial charge in [0.05, 0.1) is 11.1 Å². The number of hydrogen-bond donors (Lipinski definition) is 1. The number of carboxylic acids is 1. The minimum atomic E-state index is -0.981. The molecule has 0 atom stereocenters. The summed E-state index contributed by atoms with van der Waals surface area (Å²) in [5, 5.41) is 9.02. The molecule has 0 aliphatic carbocycles. The van der Waals surface area contributed by atoms with Crippen LogP contribution in [0, 0.1) is 5.82 Å². The van der Waals surface area contributed by atoms with Crippen LogP contribution in [0.25, 0.3) is 5.52 Å². The fourth-order valence-electron chi connectivity index (χ4n) is 2.15. The van der Waals surface area contributed by atoms with Crippen molar-refractivity contribution in [2.45, 2.75) is 6.42 Å². The molecule has 0 fully saturated rings. The smallest absolute Gasteiger partial charge is 0.335 e. The summed E-state index contributed by atoms with van der Waals surface area (Å²) in [7, 11) is 0. The standard InChI is InChI=1S/C15H10BrFN2O2/c16-14-12-8-10(15(20)21)5-6-19(12)13(18-14)7-9-1-3-11(17)4-2-9/h1-6,8H,7H2,(H,20,21). The molecule has 1 N–H and O–H groups in total. The number of imidazole rings is 1. The summed E-state index contributed by atoms with van der Waals surface area (Å²) in [6, 6.07) is 9.31. The molecule has 0 bridgehead atoms. The fraction of sp³-hybridized carbons (Fsp3) is 0.0667. The average molecular weight is 349 g/mol. The van der Waals surface area contributed by atoms with Crippen LogP contribution in [0.2, 0.25) is 0 Å². The van der Waals surface area contributed by atoms with Crippen molar-refractivity contribution in [2.75, 3.05) is 0 Å². The number of pyridine rings is 1. The molecular weight excluding hydrogens is 339 g/mol. The van der Waals surface area contributed by atoms with Gasteiger partial charge in [-0.15, -0.1) is 0 Å². The summed E-state index contributed by atoms with van der Waals surface area (Å²) < 4.78 is 15.3. The molecule has 0 spiro atoms. The lowest BCUT2D eigenvalue weighted by Gasteiger charge is -2.02. The van der Waals surface area contributed by atoms with Gasteiger partial charge in [-0.2, -0.15) is 0 Å². The molecule has 4 nitrogen and oxygen atoms in total. The van der Waals surface area contributed by atoms with Gasteiger partial charge < -0.3 is 9.51 Å². The Bertz CT molecular complexity index is 828. The van der Waals surface area contributed by atoms with Crippen LogP contribution >= 0.6 is 15.9 Å². The van der Waals surface area contributed by atoms with Crippen LogP contribution in [-0.2, 0) is 6.42 Å². The molecule has 3 aromatic rings. The van der Waals surface area contributed by atoms with Gasteiger partial charge in [-0.05, 0) is 45.8 Å². The molecule has 2 aromatic heterocycles. The quantitative estimate of drug-likeness (QED) is 0.787. The van der Waals surface area contributed by atoms with E-state index < -0.39 is 5.97 Å². The number of fused-ring (bicyclic) bond motifs is 1. The van der Waals surface area contributed by atoms with Crippen LogP contribution < -0.4 is 0 Å². The summed E-state index contributed by atoms with van der Waals surface area (Å²) in [4.78, 5) is 15.4. The highest BCUT2D eigenvalue weighted by molar-refractivity contribution is 9.10. The first-order chi connectivity index (χ1) is 10.0. The third kappa shape index (κ3) is 2.67. The van der Waals surface area contributed by atoms with Gasteiger partial charge in [0.1, 0.15) is 16.2 Å². The zero-order valence-corrected chi connectivity index (χ0v) is 12.3. The first-order valence-electron chi connectivity index (χ1n) is 6.19. The number of halogens is 2. The molecule has 2 heterocycles. The predicted molar refractivity (Wildman–Crippen MR) is 79.1 cm³/mol. The van der Waals surface area contributed by atoms with E-state index in [-0.39, 0.29) is 11.4 Å². The Labute approximate surface area is 128 Å². The Kier molecular flexibility index (Phi) is 3.47. The number of benzene rings is 1. The third-order valence-corrected chi connectivity index (χ3v) is 3.78. The maximum absolute atomic E-state index is 12.9. The second-order valence-electron chi connectivity index (χ2n) is 4.60. The van der Waals surface area contributed by atoms with Gasteiger partial charge >= 0.3 is 5.97 Å². The SMILES string of the molecule is O=C(O)c1ccn2c(Cc3ccc(F)cc3)nc(Br)c2c1. The lowest BCUT2D eigenvalue weighted by atomic mass is 10.1. The van der Waals surface area contributed by atoms with Crippen LogP contribution in [0.5, 0.6) is 0 Å². The summed E-state index contributed by atoms with van der Waals surface area (Å²) >= 11 is 3.34. The van der Waals surface area contributed by atoms with Crippen molar-refractivity contribution in [2.24, 2.45) is 0 Å². The van der Waals surface area contributed by atoms with E-state index in [1.807, 2.05) is 4.40 Å². The first kappa shape index (κ1) is 13.8. The minimum absolute atomic E-state index is 0.205. The Hall–Kier alpha value is -2.21. The fourth-order valence-corrected chi connectivity index (χ4v) is 2.66. The molecular formula is C15H10BrFN2O2. The molecule has 0 saturated heterocycles. The van der Waals surface area contributed by atoms with Crippen LogP contribution in [0.3, 0.4) is 0 Å². The van der Waals surface area contributed by atoms with E-state index in [9.17, 15) is 9.18 Å². The van der Waals surface area contributed by atoms with E-state index in [4.69, 9.17) is 5.11 Å². The number of rotatable bonds is 3. The third-order valence-electron chi connectivity index (χ3n) is 3.19. The normalized spacial score (nSPS) is 11.0. The largest absolute Gasteiger partial charge is 0.478 e. The van der Waals surface area contributed by atoms with Gasteiger partial charge in [-0.25, -0.2) is 14.2 Å². The molecule has 0 saturated carbocycles. The molecule has 21 heavy (non-hydrogen) atoms. The van der Waals surface area contributed by atoms with E-state index in [1.54, 1.807) is 24.4 Å². The van der Waals surface area contributed by atoms with Crippen molar-refractivity contribution in [3.63, 3.8) is 0 Å². The average Bonchev–Trinajstić information content (AvgIpc) is 2.77. The van der Waals surface area contributed by atoms with Crippen LogP contribution in [0.4, 0.5) is 4.39 Å². The van der Waals surface area contributed by atoms with E-state index in [1.165, 1.54) is 18.2 Å². The lowest BCUT2D eigenvalue weighted by molar-refractivity contribution is 0.0697. The molecule has 0 aliphatic heterocycles. The molecule has 0 aliphatic rings. The molecule has 0 unspecified atom stereocenters. The summed E-state index contributed by atoms with van der Waals surface area (Å²) in [6.07, 6.45) is 2.20. The van der Waals surface area contributed by atoms with Crippen molar-refractivity contribution >= 4 is 27.4 Å². The van der Waals surface area contributed by atoms with E-state index in [0.29, 0.717) is 16.5 Å². The second-order valence-corrected chi connectivity index (χ2v) is 5.35. The van der Waals surface area contributed by atoms with E-state index in [0.717, 1.165) is 11.4 Å². The van der Waals surface area contributed by atoms with Gasteiger partial charge in [0.25, 0.3) is 0 Å². The Morgan fingerprint density at radius 1 is 1.29 bits per heavy atom. The highest BCUT2D eigenvalue weighted by atomic mass is 79.9. The minimum Gasteiger partial charge on any atom is -0.478 e. The van der Waals surface area contributed by atoms with Crippen molar-refractivity contribution < 1.29 is 14.3 Å². The Morgan fingerprint density at radius 3 is 2.67 bits per heavy atom. The molecule has 3 rings (SSSR count). The Balaban J connectivity index is 2.03. The number of carboxylic acid groups (broad SMARTS) is 1. The van der Waals surface area contributed by atoms with Crippen LogP contribution in [0.1, 0.15) is 21.7 Å². The van der Waals surface area contributed by atoms with Crippen LogP contribution in [0.15, 0.2) is 47.2 Å². The van der Waals surface area contributed by atoms with Crippen molar-refractivity contribution in [3.05, 3.63) is 70.0 Å².